The molecule has 0 unspecified atom stereocenters. The summed E-state index contributed by atoms with van der Waals surface area (Å²) in [5.74, 6) is -0.521. The maximum absolute atomic E-state index is 11.6. The number of carbonyl (C=O) groups excluding carboxylic acids is 2. The molecule has 0 aliphatic carbocycles. The van der Waals surface area contributed by atoms with Crippen molar-refractivity contribution in [3.63, 3.8) is 0 Å². The minimum atomic E-state index is -0.800. The number of nitrogens with one attached hydrogen (secondary N) is 1. The molecule has 0 bridgehead atoms. The molecule has 98 valence electrons. The summed E-state index contributed by atoms with van der Waals surface area (Å²) in [6.45, 7) is 2.16. The lowest BCUT2D eigenvalue weighted by atomic mass is 9.97. The molecule has 0 spiro atoms. The number of hydrogen-bond donors (Lipinski definition) is 2. The second-order valence-electron chi connectivity index (χ2n) is 4.53. The molecule has 2 heterocycles. The molecule has 0 aromatic carbocycles. The molecule has 1 aliphatic heterocycles. The summed E-state index contributed by atoms with van der Waals surface area (Å²) >= 11 is 3.09. The van der Waals surface area contributed by atoms with Gasteiger partial charge in [-0.05, 0) is 35.0 Å². The number of rotatable bonds is 3. The summed E-state index contributed by atoms with van der Waals surface area (Å²) in [7, 11) is 0. The van der Waals surface area contributed by atoms with E-state index in [-0.39, 0.29) is 18.2 Å². The van der Waals surface area contributed by atoms with E-state index in [1.54, 1.807) is 13.0 Å². The predicted octanol–water partition coefficient (Wildman–Crippen LogP) is 0.365. The number of aliphatic hydroxyl groups is 1. The summed E-state index contributed by atoms with van der Waals surface area (Å²) < 4.78 is 5.51. The highest BCUT2D eigenvalue weighted by molar-refractivity contribution is 9.10. The van der Waals surface area contributed by atoms with Crippen molar-refractivity contribution in [3.05, 3.63) is 22.6 Å². The van der Waals surface area contributed by atoms with Crippen molar-refractivity contribution in [3.8, 4) is 0 Å². The van der Waals surface area contributed by atoms with Crippen LogP contribution in [0, 0.1) is 0 Å². The average molecular weight is 317 g/mol. The van der Waals surface area contributed by atoms with E-state index in [1.807, 2.05) is 0 Å². The zero-order valence-electron chi connectivity index (χ0n) is 9.77. The molecule has 6 nitrogen and oxygen atoms in total. The van der Waals surface area contributed by atoms with Crippen molar-refractivity contribution in [2.24, 2.45) is 0 Å². The number of carbonyl (C=O) groups is 2. The Balaban J connectivity index is 1.78. The van der Waals surface area contributed by atoms with Crippen LogP contribution in [0.5, 0.6) is 0 Å². The molecular formula is C11H13BrN2O4. The van der Waals surface area contributed by atoms with Crippen molar-refractivity contribution in [1.82, 2.24) is 10.2 Å². The molecule has 18 heavy (non-hydrogen) atoms. The Labute approximate surface area is 112 Å². The molecule has 0 atom stereocenters. The number of amides is 2. The molecule has 1 fully saturated rings. The van der Waals surface area contributed by atoms with Crippen molar-refractivity contribution < 1.29 is 19.1 Å². The van der Waals surface area contributed by atoms with Gasteiger partial charge in [0.15, 0.2) is 10.4 Å². The van der Waals surface area contributed by atoms with Crippen LogP contribution in [0.2, 0.25) is 0 Å². The number of nitrogens with zero attached hydrogens (tertiary/aromatic N) is 1. The monoisotopic (exact) mass is 316 g/mol. The van der Waals surface area contributed by atoms with Crippen LogP contribution in [-0.2, 0) is 4.79 Å². The van der Waals surface area contributed by atoms with Crippen LogP contribution in [0.25, 0.3) is 0 Å². The van der Waals surface area contributed by atoms with E-state index in [4.69, 9.17) is 4.42 Å². The Morgan fingerprint density at radius 1 is 1.56 bits per heavy atom. The van der Waals surface area contributed by atoms with Gasteiger partial charge in [0.2, 0.25) is 5.91 Å². The number of halogens is 1. The van der Waals surface area contributed by atoms with Gasteiger partial charge in [0, 0.05) is 0 Å². The average Bonchev–Trinajstić information content (AvgIpc) is 2.69. The van der Waals surface area contributed by atoms with E-state index >= 15 is 0 Å². The molecule has 1 aliphatic rings. The van der Waals surface area contributed by atoms with Crippen LogP contribution in [-0.4, -0.2) is 47.1 Å². The minimum Gasteiger partial charge on any atom is -0.444 e. The number of hydrogen-bond acceptors (Lipinski definition) is 4. The van der Waals surface area contributed by atoms with Crippen LogP contribution >= 0.6 is 15.9 Å². The summed E-state index contributed by atoms with van der Waals surface area (Å²) in [6.07, 6.45) is 0. The first-order chi connectivity index (χ1) is 8.37. The highest BCUT2D eigenvalue weighted by Gasteiger charge is 2.39. The Morgan fingerprint density at radius 3 is 2.72 bits per heavy atom. The molecule has 0 saturated carbocycles. The Morgan fingerprint density at radius 2 is 2.22 bits per heavy atom. The van der Waals surface area contributed by atoms with Gasteiger partial charge in [0.25, 0.3) is 5.91 Å². The van der Waals surface area contributed by atoms with Crippen LogP contribution in [0.15, 0.2) is 21.2 Å². The lowest BCUT2D eigenvalue weighted by molar-refractivity contribution is -0.151. The maximum Gasteiger partial charge on any atom is 0.287 e. The molecular weight excluding hydrogens is 304 g/mol. The van der Waals surface area contributed by atoms with Crippen LogP contribution in [0.1, 0.15) is 17.5 Å². The number of β-amino-alcohol motifs (C(OH)–C–C–N with tert-alkyl or cyclic N) is 1. The highest BCUT2D eigenvalue weighted by Crippen LogP contribution is 2.19. The zero-order valence-corrected chi connectivity index (χ0v) is 11.4. The number of furan rings is 1. The number of likely N-dealkylation sites (tertiary alicyclic amines) is 1. The van der Waals surface area contributed by atoms with E-state index in [9.17, 15) is 14.7 Å². The van der Waals surface area contributed by atoms with Crippen molar-refractivity contribution in [2.75, 3.05) is 19.6 Å². The first-order valence-electron chi connectivity index (χ1n) is 5.41. The van der Waals surface area contributed by atoms with E-state index < -0.39 is 11.5 Å². The zero-order chi connectivity index (χ0) is 13.3. The van der Waals surface area contributed by atoms with Gasteiger partial charge in [-0.2, -0.15) is 0 Å². The lowest BCUT2D eigenvalue weighted by Gasteiger charge is -2.44. The molecule has 2 N–H and O–H groups in total. The molecule has 1 aromatic heterocycles. The Bertz CT molecular complexity index is 475. The second kappa shape index (κ2) is 4.74. The van der Waals surface area contributed by atoms with E-state index in [0.29, 0.717) is 17.8 Å². The first-order valence-corrected chi connectivity index (χ1v) is 6.20. The molecule has 2 amide bonds. The van der Waals surface area contributed by atoms with Gasteiger partial charge in [-0.1, -0.05) is 0 Å². The summed E-state index contributed by atoms with van der Waals surface area (Å²) in [5.41, 5.74) is -0.800. The minimum absolute atomic E-state index is 0.104. The van der Waals surface area contributed by atoms with Crippen LogP contribution < -0.4 is 5.32 Å². The molecule has 2 rings (SSSR count). The third kappa shape index (κ3) is 2.91. The Kier molecular flexibility index (Phi) is 3.45. The predicted molar refractivity (Wildman–Crippen MR) is 65.9 cm³/mol. The normalized spacial score (nSPS) is 17.2. The second-order valence-corrected chi connectivity index (χ2v) is 5.31. The highest BCUT2D eigenvalue weighted by atomic mass is 79.9. The summed E-state index contributed by atoms with van der Waals surface area (Å²) in [5, 5.41) is 12.0. The molecule has 7 heteroatoms. The third-order valence-electron chi connectivity index (χ3n) is 2.61. The quantitative estimate of drug-likeness (QED) is 0.843. The standard InChI is InChI=1S/C11H13BrN2O4/c1-11(17)5-14(6-11)9(15)4-13-10(16)7-2-3-8(12)18-7/h2-3,17H,4-6H2,1H3,(H,13,16). The van der Waals surface area contributed by atoms with E-state index in [1.165, 1.54) is 11.0 Å². The van der Waals surface area contributed by atoms with Gasteiger partial charge in [-0.3, -0.25) is 9.59 Å². The maximum atomic E-state index is 11.6. The Hall–Kier alpha value is -1.34. The fourth-order valence-corrected chi connectivity index (χ4v) is 2.05. The SMILES string of the molecule is CC1(O)CN(C(=O)CNC(=O)c2ccc(Br)o2)C1. The fraction of sp³-hybridized carbons (Fsp3) is 0.455. The lowest BCUT2D eigenvalue weighted by Crippen LogP contribution is -2.63. The first kappa shape index (κ1) is 13.1. The third-order valence-corrected chi connectivity index (χ3v) is 3.04. The van der Waals surface area contributed by atoms with Gasteiger partial charge in [0.05, 0.1) is 25.2 Å². The molecule has 1 aromatic rings. The van der Waals surface area contributed by atoms with E-state index in [2.05, 4.69) is 21.2 Å². The smallest absolute Gasteiger partial charge is 0.287 e. The van der Waals surface area contributed by atoms with Crippen molar-refractivity contribution in [2.45, 2.75) is 12.5 Å². The largest absolute Gasteiger partial charge is 0.444 e. The van der Waals surface area contributed by atoms with Gasteiger partial charge in [-0.15, -0.1) is 0 Å². The van der Waals surface area contributed by atoms with Gasteiger partial charge < -0.3 is 19.7 Å². The van der Waals surface area contributed by atoms with E-state index in [0.717, 1.165) is 0 Å². The molecule has 0 radical (unpaired) electrons. The van der Waals surface area contributed by atoms with Crippen LogP contribution in [0.4, 0.5) is 0 Å². The van der Waals surface area contributed by atoms with Crippen LogP contribution in [0.3, 0.4) is 0 Å². The fourth-order valence-electron chi connectivity index (χ4n) is 1.74. The van der Waals surface area contributed by atoms with Crippen molar-refractivity contribution in [1.29, 1.82) is 0 Å². The van der Waals surface area contributed by atoms with Gasteiger partial charge in [0.1, 0.15) is 0 Å². The van der Waals surface area contributed by atoms with Gasteiger partial charge >= 0.3 is 0 Å². The van der Waals surface area contributed by atoms with Gasteiger partial charge in [-0.25, -0.2) is 0 Å². The summed E-state index contributed by atoms with van der Waals surface area (Å²) in [6, 6.07) is 3.11. The topological polar surface area (TPSA) is 82.8 Å². The molecule has 1 saturated heterocycles. The van der Waals surface area contributed by atoms with Crippen molar-refractivity contribution >= 4 is 27.7 Å². The summed E-state index contributed by atoms with van der Waals surface area (Å²) in [4.78, 5) is 24.7.